The maximum atomic E-state index is 12.2. The number of hydrogen-bond donors (Lipinski definition) is 1. The SMILES string of the molecule is CCc1ccc(NC(=O)Cc2noc3cc(C)c(C)cc23)cc1. The molecule has 4 heteroatoms. The molecule has 0 aliphatic heterocycles. The lowest BCUT2D eigenvalue weighted by Crippen LogP contribution is -2.14. The number of anilines is 1. The van der Waals surface area contributed by atoms with Crippen molar-refractivity contribution in [3.8, 4) is 0 Å². The molecule has 0 aliphatic rings. The Labute approximate surface area is 135 Å². The van der Waals surface area contributed by atoms with Gasteiger partial charge in [-0.05, 0) is 61.2 Å². The molecule has 2 aromatic carbocycles. The number of aromatic nitrogens is 1. The van der Waals surface area contributed by atoms with Crippen molar-refractivity contribution in [1.82, 2.24) is 5.16 Å². The summed E-state index contributed by atoms with van der Waals surface area (Å²) in [6.45, 7) is 6.18. The van der Waals surface area contributed by atoms with Gasteiger partial charge in [0.1, 0.15) is 5.69 Å². The molecule has 0 radical (unpaired) electrons. The Bertz CT molecular complexity index is 848. The highest BCUT2D eigenvalue weighted by Gasteiger charge is 2.13. The van der Waals surface area contributed by atoms with Crippen molar-refractivity contribution in [3.05, 3.63) is 58.8 Å². The molecule has 0 saturated carbocycles. The largest absolute Gasteiger partial charge is 0.356 e. The summed E-state index contributed by atoms with van der Waals surface area (Å²) in [6, 6.07) is 11.9. The van der Waals surface area contributed by atoms with Crippen LogP contribution in [0.25, 0.3) is 11.0 Å². The first-order valence-corrected chi connectivity index (χ1v) is 7.81. The molecule has 0 fully saturated rings. The number of amides is 1. The molecule has 4 nitrogen and oxygen atoms in total. The van der Waals surface area contributed by atoms with E-state index in [4.69, 9.17) is 4.52 Å². The molecule has 118 valence electrons. The van der Waals surface area contributed by atoms with Gasteiger partial charge in [0.15, 0.2) is 5.58 Å². The molecule has 1 amide bonds. The van der Waals surface area contributed by atoms with Gasteiger partial charge in [-0.1, -0.05) is 24.2 Å². The quantitative estimate of drug-likeness (QED) is 0.786. The van der Waals surface area contributed by atoms with E-state index in [2.05, 4.69) is 17.4 Å². The van der Waals surface area contributed by atoms with Crippen LogP contribution in [0.4, 0.5) is 5.69 Å². The van der Waals surface area contributed by atoms with Gasteiger partial charge in [0.2, 0.25) is 5.91 Å². The lowest BCUT2D eigenvalue weighted by Gasteiger charge is -2.05. The summed E-state index contributed by atoms with van der Waals surface area (Å²) in [4.78, 5) is 12.2. The number of benzene rings is 2. The van der Waals surface area contributed by atoms with Crippen molar-refractivity contribution in [2.75, 3.05) is 5.32 Å². The number of nitrogens with one attached hydrogen (secondary N) is 1. The fraction of sp³-hybridized carbons (Fsp3) is 0.263. The lowest BCUT2D eigenvalue weighted by molar-refractivity contribution is -0.115. The normalized spacial score (nSPS) is 10.9. The Kier molecular flexibility index (Phi) is 4.15. The van der Waals surface area contributed by atoms with Crippen LogP contribution >= 0.6 is 0 Å². The van der Waals surface area contributed by atoms with E-state index in [0.29, 0.717) is 5.69 Å². The van der Waals surface area contributed by atoms with Crippen molar-refractivity contribution < 1.29 is 9.32 Å². The van der Waals surface area contributed by atoms with Crippen LogP contribution in [0.15, 0.2) is 40.9 Å². The van der Waals surface area contributed by atoms with Crippen LogP contribution in [0.3, 0.4) is 0 Å². The Balaban J connectivity index is 1.76. The highest BCUT2D eigenvalue weighted by molar-refractivity contribution is 5.94. The predicted molar refractivity (Wildman–Crippen MR) is 91.6 cm³/mol. The van der Waals surface area contributed by atoms with Gasteiger partial charge in [-0.2, -0.15) is 0 Å². The minimum Gasteiger partial charge on any atom is -0.356 e. The van der Waals surface area contributed by atoms with Crippen molar-refractivity contribution in [1.29, 1.82) is 0 Å². The monoisotopic (exact) mass is 308 g/mol. The van der Waals surface area contributed by atoms with Crippen LogP contribution in [0.5, 0.6) is 0 Å². The molecule has 23 heavy (non-hydrogen) atoms. The first kappa shape index (κ1) is 15.3. The van der Waals surface area contributed by atoms with E-state index in [1.54, 1.807) is 0 Å². The summed E-state index contributed by atoms with van der Waals surface area (Å²) < 4.78 is 5.34. The Morgan fingerprint density at radius 1 is 1.13 bits per heavy atom. The molecular formula is C19H20N2O2. The van der Waals surface area contributed by atoms with E-state index in [9.17, 15) is 4.79 Å². The average Bonchev–Trinajstić information content (AvgIpc) is 2.90. The Morgan fingerprint density at radius 3 is 2.52 bits per heavy atom. The maximum Gasteiger partial charge on any atom is 0.230 e. The summed E-state index contributed by atoms with van der Waals surface area (Å²) in [6.07, 6.45) is 1.18. The van der Waals surface area contributed by atoms with E-state index >= 15 is 0 Å². The highest BCUT2D eigenvalue weighted by Crippen LogP contribution is 2.23. The van der Waals surface area contributed by atoms with Crippen LogP contribution in [-0.2, 0) is 17.6 Å². The van der Waals surface area contributed by atoms with E-state index in [0.717, 1.165) is 34.2 Å². The highest BCUT2D eigenvalue weighted by atomic mass is 16.5. The number of carbonyl (C=O) groups is 1. The Hall–Kier alpha value is -2.62. The summed E-state index contributed by atoms with van der Waals surface area (Å²) in [5, 5.41) is 7.86. The first-order valence-electron chi connectivity index (χ1n) is 7.81. The fourth-order valence-corrected chi connectivity index (χ4v) is 2.55. The topological polar surface area (TPSA) is 55.1 Å². The van der Waals surface area contributed by atoms with Gasteiger partial charge in [0.05, 0.1) is 6.42 Å². The second-order valence-corrected chi connectivity index (χ2v) is 5.84. The Morgan fingerprint density at radius 2 is 1.83 bits per heavy atom. The summed E-state index contributed by atoms with van der Waals surface area (Å²) in [5.74, 6) is -0.0947. The molecular weight excluding hydrogens is 288 g/mol. The number of nitrogens with zero attached hydrogens (tertiary/aromatic N) is 1. The van der Waals surface area contributed by atoms with Gasteiger partial charge in [-0.15, -0.1) is 0 Å². The average molecular weight is 308 g/mol. The van der Waals surface area contributed by atoms with Crippen LogP contribution in [-0.4, -0.2) is 11.1 Å². The zero-order valence-electron chi connectivity index (χ0n) is 13.6. The molecule has 0 aliphatic carbocycles. The lowest BCUT2D eigenvalue weighted by atomic mass is 10.1. The van der Waals surface area contributed by atoms with Gasteiger partial charge in [-0.25, -0.2) is 0 Å². The van der Waals surface area contributed by atoms with Crippen LogP contribution in [0.2, 0.25) is 0 Å². The predicted octanol–water partition coefficient (Wildman–Crippen LogP) is 4.19. The van der Waals surface area contributed by atoms with Crippen molar-refractivity contribution >= 4 is 22.6 Å². The van der Waals surface area contributed by atoms with Crippen molar-refractivity contribution in [2.45, 2.75) is 33.6 Å². The second-order valence-electron chi connectivity index (χ2n) is 5.84. The maximum absolute atomic E-state index is 12.2. The molecule has 0 unspecified atom stereocenters. The second kappa shape index (κ2) is 6.24. The third-order valence-electron chi connectivity index (χ3n) is 4.13. The standard InChI is InChI=1S/C19H20N2O2/c1-4-14-5-7-15(8-6-14)20-19(22)11-17-16-9-12(2)13(3)10-18(16)23-21-17/h5-10H,4,11H2,1-3H3,(H,20,22). The number of aryl methyl sites for hydroxylation is 3. The molecule has 1 heterocycles. The van der Waals surface area contributed by atoms with Gasteiger partial charge in [0, 0.05) is 11.1 Å². The minimum atomic E-state index is -0.0947. The molecule has 1 N–H and O–H groups in total. The van der Waals surface area contributed by atoms with E-state index in [1.165, 1.54) is 5.56 Å². The van der Waals surface area contributed by atoms with E-state index < -0.39 is 0 Å². The molecule has 1 aromatic heterocycles. The number of fused-ring (bicyclic) bond motifs is 1. The summed E-state index contributed by atoms with van der Waals surface area (Å²) >= 11 is 0. The molecule has 0 bridgehead atoms. The van der Waals surface area contributed by atoms with Gasteiger partial charge < -0.3 is 9.84 Å². The van der Waals surface area contributed by atoms with Gasteiger partial charge in [0.25, 0.3) is 0 Å². The van der Waals surface area contributed by atoms with Crippen LogP contribution in [0.1, 0.15) is 29.3 Å². The van der Waals surface area contributed by atoms with Crippen molar-refractivity contribution in [2.24, 2.45) is 0 Å². The molecule has 0 saturated heterocycles. The zero-order valence-corrected chi connectivity index (χ0v) is 13.6. The van der Waals surface area contributed by atoms with E-state index in [-0.39, 0.29) is 12.3 Å². The summed E-state index contributed by atoms with van der Waals surface area (Å²) in [5.41, 5.74) is 5.76. The number of rotatable bonds is 4. The molecule has 0 atom stereocenters. The minimum absolute atomic E-state index is 0.0947. The zero-order chi connectivity index (χ0) is 16.4. The third kappa shape index (κ3) is 3.26. The first-order chi connectivity index (χ1) is 11.1. The molecule has 3 rings (SSSR count). The van der Waals surface area contributed by atoms with Crippen LogP contribution < -0.4 is 5.32 Å². The number of hydrogen-bond acceptors (Lipinski definition) is 3. The van der Waals surface area contributed by atoms with E-state index in [1.807, 2.05) is 50.2 Å². The third-order valence-corrected chi connectivity index (χ3v) is 4.13. The molecule has 0 spiro atoms. The summed E-state index contributed by atoms with van der Waals surface area (Å²) in [7, 11) is 0. The van der Waals surface area contributed by atoms with Crippen molar-refractivity contribution in [3.63, 3.8) is 0 Å². The smallest absolute Gasteiger partial charge is 0.230 e. The van der Waals surface area contributed by atoms with Gasteiger partial charge in [-0.3, -0.25) is 4.79 Å². The number of carbonyl (C=O) groups excluding carboxylic acids is 1. The fourth-order valence-electron chi connectivity index (χ4n) is 2.55. The van der Waals surface area contributed by atoms with Gasteiger partial charge >= 0.3 is 0 Å². The molecule has 3 aromatic rings. The van der Waals surface area contributed by atoms with Crippen LogP contribution in [0, 0.1) is 13.8 Å².